The summed E-state index contributed by atoms with van der Waals surface area (Å²) in [6.07, 6.45) is 0.968. The van der Waals surface area contributed by atoms with Gasteiger partial charge in [-0.05, 0) is 6.07 Å². The van der Waals surface area contributed by atoms with Gasteiger partial charge in [0.2, 0.25) is 15.9 Å². The zero-order valence-corrected chi connectivity index (χ0v) is 12.7. The van der Waals surface area contributed by atoms with E-state index in [-0.39, 0.29) is 15.3 Å². The van der Waals surface area contributed by atoms with Gasteiger partial charge in [-0.15, -0.1) is 0 Å². The number of aromatic nitrogens is 1. The van der Waals surface area contributed by atoms with E-state index in [1.165, 1.54) is 7.05 Å². The molecule has 1 N–H and O–H groups in total. The molecule has 0 atom stereocenters. The molecule has 0 saturated carbocycles. The monoisotopic (exact) mass is 335 g/mol. The van der Waals surface area contributed by atoms with Gasteiger partial charge in [0.15, 0.2) is 10.9 Å². The lowest BCUT2D eigenvalue weighted by molar-refractivity contribution is -0.116. The van der Waals surface area contributed by atoms with Crippen LogP contribution in [0.2, 0.25) is 0 Å². The standard InChI is InChI=1S/C11H11F2N3O3S2/c1-16(21(2,18)19)5-9(17)14-11-15-10-7(13)3-6(12)4-8(10)20-11/h3-4H,5H2,1-2H3,(H,14,15,17). The molecule has 1 aromatic carbocycles. The predicted molar refractivity (Wildman–Crippen MR) is 75.6 cm³/mol. The van der Waals surface area contributed by atoms with Gasteiger partial charge in [0.25, 0.3) is 0 Å². The maximum absolute atomic E-state index is 13.5. The number of hydrogen-bond donors (Lipinski definition) is 1. The molecule has 2 rings (SSSR count). The normalized spacial score (nSPS) is 12.0. The lowest BCUT2D eigenvalue weighted by atomic mass is 10.3. The van der Waals surface area contributed by atoms with Crippen molar-refractivity contribution in [2.75, 3.05) is 25.2 Å². The van der Waals surface area contributed by atoms with Crippen molar-refractivity contribution in [3.63, 3.8) is 0 Å². The Labute approximate surface area is 123 Å². The molecule has 0 saturated heterocycles. The molecule has 2 aromatic rings. The minimum absolute atomic E-state index is 0.0480. The fourth-order valence-electron chi connectivity index (χ4n) is 1.49. The van der Waals surface area contributed by atoms with Gasteiger partial charge in [-0.25, -0.2) is 22.2 Å². The average Bonchev–Trinajstić information content (AvgIpc) is 2.69. The van der Waals surface area contributed by atoms with Gasteiger partial charge in [-0.1, -0.05) is 11.3 Å². The molecule has 0 unspecified atom stereocenters. The third-order valence-electron chi connectivity index (χ3n) is 2.59. The summed E-state index contributed by atoms with van der Waals surface area (Å²) in [5.74, 6) is -2.18. The van der Waals surface area contributed by atoms with Crippen molar-refractivity contribution in [1.82, 2.24) is 9.29 Å². The number of likely N-dealkylation sites (N-methyl/N-ethyl adjacent to an activating group) is 1. The molecule has 0 fully saturated rings. The van der Waals surface area contributed by atoms with Crippen molar-refractivity contribution >= 4 is 42.6 Å². The number of sulfonamides is 1. The van der Waals surface area contributed by atoms with Gasteiger partial charge in [0.05, 0.1) is 17.5 Å². The molecular formula is C11H11F2N3O3S2. The molecular weight excluding hydrogens is 324 g/mol. The number of nitrogens with zero attached hydrogens (tertiary/aromatic N) is 2. The summed E-state index contributed by atoms with van der Waals surface area (Å²) >= 11 is 0.897. The summed E-state index contributed by atoms with van der Waals surface area (Å²) in [5.41, 5.74) is -0.0480. The van der Waals surface area contributed by atoms with E-state index in [0.29, 0.717) is 6.07 Å². The molecule has 1 amide bonds. The average molecular weight is 335 g/mol. The van der Waals surface area contributed by atoms with Crippen LogP contribution in [-0.4, -0.2) is 43.5 Å². The van der Waals surface area contributed by atoms with Crippen LogP contribution in [0.25, 0.3) is 10.2 Å². The van der Waals surface area contributed by atoms with Gasteiger partial charge >= 0.3 is 0 Å². The first-order valence-corrected chi connectivity index (χ1v) is 8.30. The fraction of sp³-hybridized carbons (Fsp3) is 0.273. The number of halogens is 2. The van der Waals surface area contributed by atoms with E-state index in [1.54, 1.807) is 0 Å². The summed E-state index contributed by atoms with van der Waals surface area (Å²) in [7, 11) is -2.23. The highest BCUT2D eigenvalue weighted by Gasteiger charge is 2.17. The van der Waals surface area contributed by atoms with Crippen LogP contribution in [0.4, 0.5) is 13.9 Å². The zero-order chi connectivity index (χ0) is 15.8. The molecule has 0 aliphatic rings. The SMILES string of the molecule is CN(CC(=O)Nc1nc2c(F)cc(F)cc2s1)S(C)(=O)=O. The molecule has 1 heterocycles. The van der Waals surface area contributed by atoms with E-state index in [1.807, 2.05) is 0 Å². The summed E-state index contributed by atoms with van der Waals surface area (Å²) in [5, 5.41) is 2.43. The van der Waals surface area contributed by atoms with Gasteiger partial charge in [0.1, 0.15) is 11.3 Å². The maximum atomic E-state index is 13.5. The largest absolute Gasteiger partial charge is 0.301 e. The minimum atomic E-state index is -3.48. The first-order chi connectivity index (χ1) is 9.66. The topological polar surface area (TPSA) is 79.4 Å². The van der Waals surface area contributed by atoms with E-state index in [9.17, 15) is 22.0 Å². The fourth-order valence-corrected chi connectivity index (χ4v) is 2.76. The third-order valence-corrected chi connectivity index (χ3v) is 4.77. The van der Waals surface area contributed by atoms with Crippen LogP contribution >= 0.6 is 11.3 Å². The number of fused-ring (bicyclic) bond motifs is 1. The Morgan fingerprint density at radius 3 is 2.71 bits per heavy atom. The Hall–Kier alpha value is -1.65. The summed E-state index contributed by atoms with van der Waals surface area (Å²) in [6.45, 7) is -0.397. The first kappa shape index (κ1) is 15.7. The molecule has 0 spiro atoms. The van der Waals surface area contributed by atoms with Crippen LogP contribution in [0, 0.1) is 11.6 Å². The lowest BCUT2D eigenvalue weighted by Gasteiger charge is -2.12. The highest BCUT2D eigenvalue weighted by Crippen LogP contribution is 2.28. The van der Waals surface area contributed by atoms with Crippen LogP contribution in [0.1, 0.15) is 0 Å². The van der Waals surface area contributed by atoms with Crippen LogP contribution in [0.15, 0.2) is 12.1 Å². The predicted octanol–water partition coefficient (Wildman–Crippen LogP) is 1.40. The molecule has 1 aromatic heterocycles. The number of benzene rings is 1. The van der Waals surface area contributed by atoms with E-state index < -0.39 is 34.1 Å². The molecule has 114 valence electrons. The molecule has 6 nitrogen and oxygen atoms in total. The van der Waals surface area contributed by atoms with Crippen molar-refractivity contribution in [2.24, 2.45) is 0 Å². The summed E-state index contributed by atoms with van der Waals surface area (Å²) in [6, 6.07) is 1.81. The van der Waals surface area contributed by atoms with Crippen molar-refractivity contribution in [1.29, 1.82) is 0 Å². The van der Waals surface area contributed by atoms with Crippen LogP contribution in [0.5, 0.6) is 0 Å². The highest BCUT2D eigenvalue weighted by molar-refractivity contribution is 7.88. The zero-order valence-electron chi connectivity index (χ0n) is 11.1. The van der Waals surface area contributed by atoms with Gasteiger partial charge < -0.3 is 5.32 Å². The second kappa shape index (κ2) is 5.62. The number of nitrogens with one attached hydrogen (secondary N) is 1. The number of rotatable bonds is 4. The van der Waals surface area contributed by atoms with Crippen molar-refractivity contribution in [2.45, 2.75) is 0 Å². The summed E-state index contributed by atoms with van der Waals surface area (Å²) in [4.78, 5) is 15.5. The quantitative estimate of drug-likeness (QED) is 0.916. The smallest absolute Gasteiger partial charge is 0.241 e. The van der Waals surface area contributed by atoms with Gasteiger partial charge in [0, 0.05) is 13.1 Å². The Morgan fingerprint density at radius 2 is 2.10 bits per heavy atom. The molecule has 0 aliphatic heterocycles. The second-order valence-corrected chi connectivity index (χ2v) is 7.44. The number of hydrogen-bond acceptors (Lipinski definition) is 5. The van der Waals surface area contributed by atoms with Crippen molar-refractivity contribution in [3.05, 3.63) is 23.8 Å². The highest BCUT2D eigenvalue weighted by atomic mass is 32.2. The van der Waals surface area contributed by atoms with Crippen LogP contribution < -0.4 is 5.32 Å². The molecule has 21 heavy (non-hydrogen) atoms. The number of anilines is 1. The summed E-state index contributed by atoms with van der Waals surface area (Å²) < 4.78 is 50.0. The number of carbonyl (C=O) groups excluding carboxylic acids is 1. The van der Waals surface area contributed by atoms with E-state index >= 15 is 0 Å². The Kier molecular flexibility index (Phi) is 4.21. The van der Waals surface area contributed by atoms with Crippen molar-refractivity contribution in [3.8, 4) is 0 Å². The molecule has 0 radical (unpaired) electrons. The Morgan fingerprint density at radius 1 is 1.43 bits per heavy atom. The third kappa shape index (κ3) is 3.71. The number of carbonyl (C=O) groups is 1. The van der Waals surface area contributed by atoms with E-state index in [4.69, 9.17) is 0 Å². The van der Waals surface area contributed by atoms with Gasteiger partial charge in [-0.3, -0.25) is 4.79 Å². The molecule has 0 bridgehead atoms. The Balaban J connectivity index is 2.17. The lowest BCUT2D eigenvalue weighted by Crippen LogP contribution is -2.34. The van der Waals surface area contributed by atoms with Gasteiger partial charge in [-0.2, -0.15) is 4.31 Å². The van der Waals surface area contributed by atoms with E-state index in [0.717, 1.165) is 28.0 Å². The van der Waals surface area contributed by atoms with E-state index in [2.05, 4.69) is 10.3 Å². The van der Waals surface area contributed by atoms with Crippen molar-refractivity contribution < 1.29 is 22.0 Å². The van der Waals surface area contributed by atoms with Crippen LogP contribution in [0.3, 0.4) is 0 Å². The number of thiazole rings is 1. The number of amides is 1. The maximum Gasteiger partial charge on any atom is 0.241 e. The minimum Gasteiger partial charge on any atom is -0.301 e. The molecule has 10 heteroatoms. The second-order valence-electron chi connectivity index (χ2n) is 4.32. The molecule has 0 aliphatic carbocycles. The Bertz CT molecular complexity index is 804. The first-order valence-electron chi connectivity index (χ1n) is 5.63. The van der Waals surface area contributed by atoms with Crippen LogP contribution in [-0.2, 0) is 14.8 Å².